The second kappa shape index (κ2) is 12.5. The maximum atomic E-state index is 2.58. The summed E-state index contributed by atoms with van der Waals surface area (Å²) in [4.78, 5) is 0. The summed E-state index contributed by atoms with van der Waals surface area (Å²) < 4.78 is 12.5. The van der Waals surface area contributed by atoms with Gasteiger partial charge in [0.25, 0.3) is 0 Å². The molecule has 0 saturated heterocycles. The van der Waals surface area contributed by atoms with Crippen LogP contribution in [0.2, 0.25) is 0 Å². The van der Waals surface area contributed by atoms with Gasteiger partial charge in [-0.2, -0.15) is 0 Å². The Bertz CT molecular complexity index is 1900. The zero-order chi connectivity index (χ0) is 26.9. The fourth-order valence-corrected chi connectivity index (χ4v) is 14.6. The van der Waals surface area contributed by atoms with Crippen molar-refractivity contribution in [1.82, 2.24) is 0 Å². The first-order valence-electron chi connectivity index (χ1n) is 15.1. The van der Waals surface area contributed by atoms with Crippen LogP contribution in [0.4, 0.5) is 0 Å². The van der Waals surface area contributed by atoms with E-state index in [0.29, 0.717) is 14.5 Å². The molecule has 0 saturated carbocycles. The fourth-order valence-electron chi connectivity index (χ4n) is 6.04. The molecule has 4 heterocycles. The third kappa shape index (κ3) is 5.66. The molecule has 0 N–H and O–H groups in total. The molecule has 4 aromatic heterocycles. The first-order chi connectivity index (χ1) is 19.8. The molecular formula is C36H36S2SeTe. The van der Waals surface area contributed by atoms with Crippen LogP contribution in [0.25, 0.3) is 58.0 Å². The van der Waals surface area contributed by atoms with Crippen LogP contribution < -0.4 is 0 Å². The van der Waals surface area contributed by atoms with E-state index < -0.39 is 0 Å². The van der Waals surface area contributed by atoms with Crippen molar-refractivity contribution in [3.05, 3.63) is 70.3 Å². The standard InChI is InChI=1S/C36H36S2SeTe/c1-2-3-4-5-6-7-8-9-10-14-17-27-18-26-20-29-31(23-34(26)40-27)38-35-28-19-25-21-32(24-15-12-11-13-16-24)39-33(25)22-30(28)37-36(29)35/h11-13,15-16,18-23H,2-10,14,17H2,1H3. The van der Waals surface area contributed by atoms with Gasteiger partial charge in [0.15, 0.2) is 0 Å². The molecule has 0 radical (unpaired) electrons. The fraction of sp³-hybridized carbons (Fsp3) is 0.333. The van der Waals surface area contributed by atoms with Crippen molar-refractivity contribution < 1.29 is 0 Å². The van der Waals surface area contributed by atoms with Gasteiger partial charge in [0.05, 0.1) is 0 Å². The van der Waals surface area contributed by atoms with Crippen LogP contribution in [-0.2, 0) is 6.42 Å². The molecule has 204 valence electrons. The number of thiophene rings is 2. The summed E-state index contributed by atoms with van der Waals surface area (Å²) in [6.45, 7) is 2.30. The van der Waals surface area contributed by atoms with E-state index in [1.165, 1.54) is 121 Å². The number of fused-ring (bicyclic) bond motifs is 7. The van der Waals surface area contributed by atoms with Crippen LogP contribution in [0.1, 0.15) is 74.7 Å². The van der Waals surface area contributed by atoms with E-state index in [2.05, 4.69) is 73.7 Å². The summed E-state index contributed by atoms with van der Waals surface area (Å²) >= 11 is 4.27. The molecule has 0 spiro atoms. The molecule has 0 unspecified atom stereocenters. The van der Waals surface area contributed by atoms with Gasteiger partial charge < -0.3 is 0 Å². The Morgan fingerprint density at radius 3 is 2.02 bits per heavy atom. The van der Waals surface area contributed by atoms with E-state index >= 15 is 0 Å². The molecule has 3 aromatic carbocycles. The number of aryl methyl sites for hydroxylation is 1. The van der Waals surface area contributed by atoms with Crippen LogP contribution in [-0.4, -0.2) is 34.9 Å². The minimum absolute atomic E-state index is 0.181. The molecule has 4 heteroatoms. The van der Waals surface area contributed by atoms with Gasteiger partial charge in [0.1, 0.15) is 0 Å². The third-order valence-electron chi connectivity index (χ3n) is 8.24. The first-order valence-corrected chi connectivity index (χ1v) is 20.7. The first kappa shape index (κ1) is 27.5. The Labute approximate surface area is 261 Å². The number of hydrogen-bond acceptors (Lipinski definition) is 2. The van der Waals surface area contributed by atoms with Crippen molar-refractivity contribution in [2.75, 3.05) is 0 Å². The quantitative estimate of drug-likeness (QED) is 0.0865. The van der Waals surface area contributed by atoms with Crippen molar-refractivity contribution in [3.8, 4) is 10.0 Å². The molecule has 0 nitrogen and oxygen atoms in total. The summed E-state index contributed by atoms with van der Waals surface area (Å²) in [5.74, 6) is 0. The van der Waals surface area contributed by atoms with Crippen molar-refractivity contribution in [2.45, 2.75) is 77.6 Å². The summed E-state index contributed by atoms with van der Waals surface area (Å²) in [7, 11) is 0. The molecule has 0 aliphatic rings. The van der Waals surface area contributed by atoms with Gasteiger partial charge in [0, 0.05) is 0 Å². The Kier molecular flexibility index (Phi) is 8.56. The number of rotatable bonds is 12. The summed E-state index contributed by atoms with van der Waals surface area (Å²) in [6, 6.07) is 26.1. The topological polar surface area (TPSA) is 0 Å². The van der Waals surface area contributed by atoms with E-state index in [1.807, 2.05) is 22.7 Å². The van der Waals surface area contributed by atoms with E-state index in [9.17, 15) is 0 Å². The summed E-state index contributed by atoms with van der Waals surface area (Å²) in [6.07, 6.45) is 15.6. The summed E-state index contributed by atoms with van der Waals surface area (Å²) in [5, 5.41) is 5.94. The second-order valence-electron chi connectivity index (χ2n) is 11.3. The monoisotopic (exact) mass is 742 g/mol. The van der Waals surface area contributed by atoms with Gasteiger partial charge in [0.2, 0.25) is 0 Å². The molecule has 0 atom stereocenters. The molecule has 0 amide bonds. The Balaban J connectivity index is 1.07. The zero-order valence-corrected chi connectivity index (χ0v) is 28.9. The molecule has 0 aliphatic carbocycles. The Hall–Kier alpha value is -1.37. The Morgan fingerprint density at radius 1 is 0.650 bits per heavy atom. The van der Waals surface area contributed by atoms with Gasteiger partial charge in [-0.1, -0.05) is 6.92 Å². The van der Waals surface area contributed by atoms with Gasteiger partial charge in [-0.3, -0.25) is 0 Å². The summed E-state index contributed by atoms with van der Waals surface area (Å²) in [5.41, 5.74) is 1.38. The predicted octanol–water partition coefficient (Wildman–Crippen LogP) is 11.8. The average molecular weight is 739 g/mol. The molecule has 7 aromatic rings. The molecule has 0 fully saturated rings. The Morgan fingerprint density at radius 2 is 1.30 bits per heavy atom. The van der Waals surface area contributed by atoms with E-state index in [1.54, 1.807) is 11.2 Å². The second-order valence-corrected chi connectivity index (χ2v) is 19.0. The normalized spacial score (nSPS) is 12.2. The van der Waals surface area contributed by atoms with Crippen molar-refractivity contribution in [3.63, 3.8) is 0 Å². The van der Waals surface area contributed by atoms with Crippen molar-refractivity contribution in [2.24, 2.45) is 0 Å². The molecule has 40 heavy (non-hydrogen) atoms. The third-order valence-corrected chi connectivity index (χ3v) is 16.5. The maximum absolute atomic E-state index is 2.58. The van der Waals surface area contributed by atoms with Crippen LogP contribution in [0.3, 0.4) is 0 Å². The minimum atomic E-state index is -0.181. The van der Waals surface area contributed by atoms with Gasteiger partial charge in [-0.15, -0.1) is 0 Å². The van der Waals surface area contributed by atoms with E-state index in [0.717, 1.165) is 0 Å². The van der Waals surface area contributed by atoms with Crippen LogP contribution >= 0.6 is 22.7 Å². The molecule has 0 bridgehead atoms. The SMILES string of the molecule is CCCCCCCCCCCCc1cc2cc3c(cc2[te]1)sc1c2cc4cc(-c5ccccc5)[se]c4cc2sc31. The zero-order valence-electron chi connectivity index (χ0n) is 23.3. The molecule has 7 rings (SSSR count). The van der Waals surface area contributed by atoms with Crippen LogP contribution in [0.15, 0.2) is 66.7 Å². The number of unbranched alkanes of at least 4 members (excludes halogenated alkanes) is 9. The van der Waals surface area contributed by atoms with Gasteiger partial charge >= 0.3 is 257 Å². The predicted molar refractivity (Wildman–Crippen MR) is 185 cm³/mol. The van der Waals surface area contributed by atoms with E-state index in [-0.39, 0.29) is 20.4 Å². The molecular weight excluding hydrogens is 703 g/mol. The van der Waals surface area contributed by atoms with Gasteiger partial charge in [-0.25, -0.2) is 0 Å². The number of hydrogen-bond donors (Lipinski definition) is 0. The molecule has 0 aliphatic heterocycles. The van der Waals surface area contributed by atoms with Crippen LogP contribution in [0.5, 0.6) is 0 Å². The average Bonchev–Trinajstić information content (AvgIpc) is 3.73. The van der Waals surface area contributed by atoms with E-state index in [4.69, 9.17) is 0 Å². The van der Waals surface area contributed by atoms with Crippen LogP contribution in [0, 0.1) is 0 Å². The van der Waals surface area contributed by atoms with Crippen molar-refractivity contribution in [1.29, 1.82) is 0 Å². The van der Waals surface area contributed by atoms with Crippen molar-refractivity contribution >= 4 is 106 Å². The number of benzene rings is 3. The van der Waals surface area contributed by atoms with Gasteiger partial charge in [-0.05, 0) is 0 Å².